The summed E-state index contributed by atoms with van der Waals surface area (Å²) in [6.07, 6.45) is 0. The number of hydrogen-bond donors (Lipinski definition) is 4. The molecule has 13 heavy (non-hydrogen) atoms. The minimum Gasteiger partial charge on any atom is -0.508 e. The summed E-state index contributed by atoms with van der Waals surface area (Å²) in [5.41, 5.74) is 0.823. The molecule has 4 heteroatoms. The van der Waals surface area contributed by atoms with E-state index in [2.05, 4.69) is 0 Å². The Morgan fingerprint density at radius 2 is 1.62 bits per heavy atom. The summed E-state index contributed by atoms with van der Waals surface area (Å²) >= 11 is 0. The van der Waals surface area contributed by atoms with Crippen molar-refractivity contribution in [3.8, 4) is 11.5 Å². The Morgan fingerprint density at radius 3 is 2.08 bits per heavy atom. The van der Waals surface area contributed by atoms with E-state index in [1.165, 1.54) is 6.07 Å². The molecule has 0 saturated heterocycles. The molecule has 0 spiro atoms. The van der Waals surface area contributed by atoms with Gasteiger partial charge in [-0.05, 0) is 18.6 Å². The van der Waals surface area contributed by atoms with Crippen molar-refractivity contribution < 1.29 is 20.4 Å². The van der Waals surface area contributed by atoms with Crippen LogP contribution in [0.3, 0.4) is 0 Å². The highest BCUT2D eigenvalue weighted by atomic mass is 16.3. The van der Waals surface area contributed by atoms with Crippen LogP contribution in [0.15, 0.2) is 6.07 Å². The molecule has 1 aromatic carbocycles. The molecular formula is C9H12O4. The molecule has 4 nitrogen and oxygen atoms in total. The molecule has 0 atom stereocenters. The van der Waals surface area contributed by atoms with E-state index in [1.54, 1.807) is 6.92 Å². The van der Waals surface area contributed by atoms with Crippen molar-refractivity contribution >= 4 is 0 Å². The van der Waals surface area contributed by atoms with E-state index in [0.717, 1.165) is 0 Å². The van der Waals surface area contributed by atoms with Crippen LogP contribution in [0, 0.1) is 6.92 Å². The van der Waals surface area contributed by atoms with Gasteiger partial charge in [-0.25, -0.2) is 0 Å². The fourth-order valence-electron chi connectivity index (χ4n) is 1.24. The first kappa shape index (κ1) is 9.83. The molecule has 0 bridgehead atoms. The molecule has 4 N–H and O–H groups in total. The van der Waals surface area contributed by atoms with Gasteiger partial charge in [-0.1, -0.05) is 0 Å². The van der Waals surface area contributed by atoms with Crippen LogP contribution in [0.1, 0.15) is 16.7 Å². The number of aliphatic hydroxyl groups is 2. The number of hydrogen-bond acceptors (Lipinski definition) is 4. The molecule has 0 aromatic heterocycles. The third kappa shape index (κ3) is 1.59. The number of benzene rings is 1. The quantitative estimate of drug-likeness (QED) is 0.501. The summed E-state index contributed by atoms with van der Waals surface area (Å²) in [5, 5.41) is 36.6. The highest BCUT2D eigenvalue weighted by Crippen LogP contribution is 2.32. The zero-order valence-corrected chi connectivity index (χ0v) is 7.28. The largest absolute Gasteiger partial charge is 0.508 e. The van der Waals surface area contributed by atoms with Crippen LogP contribution in [-0.2, 0) is 13.2 Å². The van der Waals surface area contributed by atoms with Gasteiger partial charge in [0.1, 0.15) is 11.5 Å². The Bertz CT molecular complexity index is 320. The molecule has 0 radical (unpaired) electrons. The third-order valence-electron chi connectivity index (χ3n) is 2.00. The lowest BCUT2D eigenvalue weighted by Crippen LogP contribution is -1.97. The van der Waals surface area contributed by atoms with E-state index in [4.69, 9.17) is 10.2 Å². The van der Waals surface area contributed by atoms with E-state index in [9.17, 15) is 10.2 Å². The number of aryl methyl sites for hydroxylation is 1. The Balaban J connectivity index is 3.41. The predicted octanol–water partition coefficient (Wildman–Crippen LogP) is 0.391. The first-order valence-electron chi connectivity index (χ1n) is 3.86. The van der Waals surface area contributed by atoms with E-state index in [-0.39, 0.29) is 22.6 Å². The lowest BCUT2D eigenvalue weighted by Gasteiger charge is -2.11. The van der Waals surface area contributed by atoms with Gasteiger partial charge in [-0.15, -0.1) is 0 Å². The van der Waals surface area contributed by atoms with E-state index in [0.29, 0.717) is 5.56 Å². The minimum absolute atomic E-state index is 0.0793. The Labute approximate surface area is 75.7 Å². The average Bonchev–Trinajstić information content (AvgIpc) is 2.10. The average molecular weight is 184 g/mol. The SMILES string of the molecule is Cc1cc(O)c(CO)c(CO)c1O. The second kappa shape index (κ2) is 3.64. The second-order valence-corrected chi connectivity index (χ2v) is 2.83. The molecular weight excluding hydrogens is 172 g/mol. The second-order valence-electron chi connectivity index (χ2n) is 2.83. The van der Waals surface area contributed by atoms with Crippen molar-refractivity contribution in [3.05, 3.63) is 22.8 Å². The van der Waals surface area contributed by atoms with Crippen molar-refractivity contribution in [1.29, 1.82) is 0 Å². The predicted molar refractivity (Wildman–Crippen MR) is 46.4 cm³/mol. The van der Waals surface area contributed by atoms with Crippen molar-refractivity contribution in [2.45, 2.75) is 20.1 Å². The van der Waals surface area contributed by atoms with Gasteiger partial charge in [0.05, 0.1) is 13.2 Å². The summed E-state index contributed by atoms with van der Waals surface area (Å²) in [6, 6.07) is 1.35. The van der Waals surface area contributed by atoms with Gasteiger partial charge in [0.15, 0.2) is 0 Å². The fourth-order valence-corrected chi connectivity index (χ4v) is 1.24. The van der Waals surface area contributed by atoms with Crippen molar-refractivity contribution in [2.75, 3.05) is 0 Å². The van der Waals surface area contributed by atoms with E-state index < -0.39 is 13.2 Å². The maximum absolute atomic E-state index is 9.45. The van der Waals surface area contributed by atoms with Crippen molar-refractivity contribution in [2.24, 2.45) is 0 Å². The summed E-state index contributed by atoms with van der Waals surface area (Å²) in [7, 11) is 0. The van der Waals surface area contributed by atoms with Gasteiger partial charge in [0.2, 0.25) is 0 Å². The fraction of sp³-hybridized carbons (Fsp3) is 0.333. The van der Waals surface area contributed by atoms with Crippen molar-refractivity contribution in [1.82, 2.24) is 0 Å². The first-order valence-corrected chi connectivity index (χ1v) is 3.86. The molecule has 0 aliphatic heterocycles. The molecule has 0 aliphatic rings. The lowest BCUT2D eigenvalue weighted by molar-refractivity contribution is 0.250. The van der Waals surface area contributed by atoms with Gasteiger partial charge < -0.3 is 20.4 Å². The highest BCUT2D eigenvalue weighted by molar-refractivity contribution is 5.51. The van der Waals surface area contributed by atoms with Crippen LogP contribution in [0.25, 0.3) is 0 Å². The summed E-state index contributed by atoms with van der Waals surface area (Å²) < 4.78 is 0. The molecule has 0 heterocycles. The maximum atomic E-state index is 9.45. The van der Waals surface area contributed by atoms with Gasteiger partial charge in [-0.3, -0.25) is 0 Å². The van der Waals surface area contributed by atoms with Crippen molar-refractivity contribution in [3.63, 3.8) is 0 Å². The molecule has 0 fully saturated rings. The molecule has 72 valence electrons. The molecule has 0 aliphatic carbocycles. The highest BCUT2D eigenvalue weighted by Gasteiger charge is 2.13. The van der Waals surface area contributed by atoms with Crippen LogP contribution >= 0.6 is 0 Å². The van der Waals surface area contributed by atoms with E-state index in [1.807, 2.05) is 0 Å². The number of rotatable bonds is 2. The topological polar surface area (TPSA) is 80.9 Å². The van der Waals surface area contributed by atoms with Crippen LogP contribution in [0.5, 0.6) is 11.5 Å². The first-order chi connectivity index (χ1) is 6.11. The third-order valence-corrected chi connectivity index (χ3v) is 2.00. The minimum atomic E-state index is -0.407. The Morgan fingerprint density at radius 1 is 1.08 bits per heavy atom. The lowest BCUT2D eigenvalue weighted by atomic mass is 10.0. The summed E-state index contributed by atoms with van der Waals surface area (Å²) in [4.78, 5) is 0. The Hall–Kier alpha value is -1.26. The van der Waals surface area contributed by atoms with Gasteiger partial charge in [-0.2, -0.15) is 0 Å². The zero-order chi connectivity index (χ0) is 10.0. The molecule has 0 saturated carbocycles. The van der Waals surface area contributed by atoms with Crippen LogP contribution in [-0.4, -0.2) is 20.4 Å². The van der Waals surface area contributed by atoms with Gasteiger partial charge in [0.25, 0.3) is 0 Å². The molecule has 1 rings (SSSR count). The number of phenols is 2. The number of aliphatic hydroxyl groups excluding tert-OH is 2. The van der Waals surface area contributed by atoms with Gasteiger partial charge >= 0.3 is 0 Å². The smallest absolute Gasteiger partial charge is 0.124 e. The normalized spacial score (nSPS) is 10.4. The molecule has 1 aromatic rings. The monoisotopic (exact) mass is 184 g/mol. The standard InChI is InChI=1S/C9H12O4/c1-5-2-8(12)6(3-10)7(4-11)9(5)13/h2,10-13H,3-4H2,1H3. The van der Waals surface area contributed by atoms with Crippen LogP contribution in [0.2, 0.25) is 0 Å². The molecule has 0 amide bonds. The number of aromatic hydroxyl groups is 2. The van der Waals surface area contributed by atoms with Crippen LogP contribution in [0.4, 0.5) is 0 Å². The summed E-state index contributed by atoms with van der Waals surface area (Å²) in [5.74, 6) is -0.189. The zero-order valence-electron chi connectivity index (χ0n) is 7.28. The Kier molecular flexibility index (Phi) is 2.75. The maximum Gasteiger partial charge on any atom is 0.124 e. The summed E-state index contributed by atoms with van der Waals surface area (Å²) in [6.45, 7) is 0.794. The molecule has 0 unspecified atom stereocenters. The van der Waals surface area contributed by atoms with Gasteiger partial charge in [0, 0.05) is 11.1 Å². The van der Waals surface area contributed by atoms with Crippen LogP contribution < -0.4 is 0 Å². The van der Waals surface area contributed by atoms with E-state index >= 15 is 0 Å².